The number of hydrogen-bond acceptors (Lipinski definition) is 5. The van der Waals surface area contributed by atoms with Crippen LogP contribution in [0, 0.1) is 5.82 Å². The van der Waals surface area contributed by atoms with E-state index in [0.29, 0.717) is 11.3 Å². The van der Waals surface area contributed by atoms with Gasteiger partial charge in [-0.3, -0.25) is 4.79 Å². The molecule has 3 aromatic rings. The van der Waals surface area contributed by atoms with Crippen LogP contribution in [-0.2, 0) is 22.9 Å². The third-order valence-electron chi connectivity index (χ3n) is 5.65. The van der Waals surface area contributed by atoms with E-state index in [1.54, 1.807) is 24.4 Å². The van der Waals surface area contributed by atoms with Gasteiger partial charge in [0.25, 0.3) is 5.91 Å². The van der Waals surface area contributed by atoms with E-state index in [2.05, 4.69) is 5.10 Å². The molecule has 0 saturated carbocycles. The molecule has 0 bridgehead atoms. The maximum atomic E-state index is 14.1. The second kappa shape index (κ2) is 8.99. The number of carbonyl (C=O) groups is 1. The molecule has 1 aliphatic heterocycles. The summed E-state index contributed by atoms with van der Waals surface area (Å²) in [4.78, 5) is 14.4. The van der Waals surface area contributed by atoms with Crippen molar-refractivity contribution >= 4 is 15.7 Å². The number of benzene rings is 2. The van der Waals surface area contributed by atoms with Crippen LogP contribution in [0.2, 0.25) is 0 Å². The molecule has 1 aliphatic rings. The van der Waals surface area contributed by atoms with E-state index in [9.17, 15) is 30.8 Å². The van der Waals surface area contributed by atoms with Crippen molar-refractivity contribution < 1.29 is 35.5 Å². The molecule has 0 fully saturated rings. The number of fused-ring (bicyclic) bond motifs is 1. The van der Waals surface area contributed by atoms with Gasteiger partial charge in [-0.15, -0.1) is 0 Å². The molecule has 35 heavy (non-hydrogen) atoms. The van der Waals surface area contributed by atoms with Crippen LogP contribution in [0.5, 0.6) is 5.75 Å². The number of hydrogen-bond donors (Lipinski definition) is 0. The van der Waals surface area contributed by atoms with Crippen molar-refractivity contribution in [3.8, 4) is 11.4 Å². The molecule has 0 saturated heterocycles. The lowest BCUT2D eigenvalue weighted by Crippen LogP contribution is -2.33. The first-order valence-electron chi connectivity index (χ1n) is 10.6. The van der Waals surface area contributed by atoms with Crippen molar-refractivity contribution in [3.63, 3.8) is 0 Å². The van der Waals surface area contributed by atoms with Crippen LogP contribution in [0.4, 0.5) is 17.6 Å². The van der Waals surface area contributed by atoms with Crippen molar-refractivity contribution in [3.05, 3.63) is 71.3 Å². The first-order valence-corrected chi connectivity index (χ1v) is 12.3. The number of rotatable bonds is 6. The Morgan fingerprint density at radius 3 is 2.51 bits per heavy atom. The molecule has 0 aliphatic carbocycles. The Kier molecular flexibility index (Phi) is 6.34. The number of aromatic nitrogens is 2. The maximum Gasteiger partial charge on any atom is 0.425 e. The second-order valence-corrected chi connectivity index (χ2v) is 10.3. The van der Waals surface area contributed by atoms with Crippen LogP contribution in [0.15, 0.2) is 53.6 Å². The standard InChI is InChI=1S/C23H21F4N3O4S/c1-3-35(32,33)16-8-9-21(34-14(2)23(25,26)27)17(10-16)22(31)29-11-15-12-30(28-19(15)13-29)20-7-5-4-6-18(20)24/h4-10,12,14H,3,11,13H2,1-2H3/t14-/m0/s1. The van der Waals surface area contributed by atoms with Crippen LogP contribution in [0.3, 0.4) is 0 Å². The molecule has 186 valence electrons. The van der Waals surface area contributed by atoms with Gasteiger partial charge in [0.15, 0.2) is 15.9 Å². The molecule has 1 atom stereocenters. The highest BCUT2D eigenvalue weighted by molar-refractivity contribution is 7.91. The summed E-state index contributed by atoms with van der Waals surface area (Å²) in [5.41, 5.74) is 1.05. The summed E-state index contributed by atoms with van der Waals surface area (Å²) in [7, 11) is -3.73. The number of para-hydroxylation sites is 1. The van der Waals surface area contributed by atoms with Gasteiger partial charge >= 0.3 is 6.18 Å². The maximum absolute atomic E-state index is 14.1. The van der Waals surface area contributed by atoms with E-state index in [1.807, 2.05) is 0 Å². The van der Waals surface area contributed by atoms with E-state index < -0.39 is 33.8 Å². The zero-order chi connectivity index (χ0) is 25.5. The van der Waals surface area contributed by atoms with Crippen LogP contribution in [-0.4, -0.2) is 47.0 Å². The Morgan fingerprint density at radius 1 is 1.17 bits per heavy atom. The van der Waals surface area contributed by atoms with Crippen LogP contribution in [0.25, 0.3) is 5.69 Å². The number of sulfone groups is 1. The van der Waals surface area contributed by atoms with E-state index in [0.717, 1.165) is 25.1 Å². The van der Waals surface area contributed by atoms with Gasteiger partial charge in [-0.1, -0.05) is 19.1 Å². The molecule has 0 N–H and O–H groups in total. The number of halogens is 4. The van der Waals surface area contributed by atoms with Gasteiger partial charge in [0, 0.05) is 18.3 Å². The second-order valence-electron chi connectivity index (χ2n) is 8.02. The molecule has 2 heterocycles. The smallest absolute Gasteiger partial charge is 0.425 e. The number of amides is 1. The molecule has 1 amide bonds. The first-order chi connectivity index (χ1) is 16.4. The lowest BCUT2D eigenvalue weighted by atomic mass is 10.1. The molecule has 2 aromatic carbocycles. The molecule has 7 nitrogen and oxygen atoms in total. The highest BCUT2D eigenvalue weighted by Gasteiger charge is 2.39. The normalized spacial score (nSPS) is 14.6. The number of alkyl halides is 3. The van der Waals surface area contributed by atoms with Crippen molar-refractivity contribution in [2.75, 3.05) is 5.75 Å². The molecule has 4 rings (SSSR count). The Balaban J connectivity index is 1.64. The summed E-state index contributed by atoms with van der Waals surface area (Å²) in [5, 5.41) is 4.33. The Bertz CT molecular complexity index is 1360. The van der Waals surface area contributed by atoms with Crippen molar-refractivity contribution in [1.29, 1.82) is 0 Å². The molecule has 1 aromatic heterocycles. The van der Waals surface area contributed by atoms with Gasteiger partial charge < -0.3 is 9.64 Å². The average Bonchev–Trinajstić information content (AvgIpc) is 3.38. The first kappa shape index (κ1) is 24.7. The van der Waals surface area contributed by atoms with Crippen molar-refractivity contribution in [2.24, 2.45) is 0 Å². The summed E-state index contributed by atoms with van der Waals surface area (Å²) in [6, 6.07) is 9.25. The van der Waals surface area contributed by atoms with Crippen molar-refractivity contribution in [2.45, 2.75) is 44.1 Å². The summed E-state index contributed by atoms with van der Waals surface area (Å²) in [6.45, 7) is 2.28. The summed E-state index contributed by atoms with van der Waals surface area (Å²) < 4.78 is 84.4. The van der Waals surface area contributed by atoms with Crippen LogP contribution < -0.4 is 4.74 Å². The van der Waals surface area contributed by atoms with Crippen LogP contribution in [0.1, 0.15) is 35.5 Å². The summed E-state index contributed by atoms with van der Waals surface area (Å²) in [5.74, 6) is -1.82. The van der Waals surface area contributed by atoms with E-state index in [-0.39, 0.29) is 40.7 Å². The highest BCUT2D eigenvalue weighted by atomic mass is 32.2. The van der Waals surface area contributed by atoms with Gasteiger partial charge in [0.2, 0.25) is 0 Å². The van der Waals surface area contributed by atoms with Gasteiger partial charge in [0.05, 0.1) is 28.5 Å². The zero-order valence-corrected chi connectivity index (χ0v) is 19.5. The predicted octanol–water partition coefficient (Wildman–Crippen LogP) is 4.29. The lowest BCUT2D eigenvalue weighted by molar-refractivity contribution is -0.189. The fourth-order valence-electron chi connectivity index (χ4n) is 3.62. The van der Waals surface area contributed by atoms with Gasteiger partial charge in [-0.05, 0) is 37.3 Å². The molecular formula is C23H21F4N3O4S. The minimum atomic E-state index is -4.69. The van der Waals surface area contributed by atoms with E-state index >= 15 is 0 Å². The Hall–Kier alpha value is -3.41. The zero-order valence-electron chi connectivity index (χ0n) is 18.7. The third-order valence-corrected chi connectivity index (χ3v) is 7.38. The summed E-state index contributed by atoms with van der Waals surface area (Å²) >= 11 is 0. The van der Waals surface area contributed by atoms with Crippen molar-refractivity contribution in [1.82, 2.24) is 14.7 Å². The quantitative estimate of drug-likeness (QED) is 0.462. The fraction of sp³-hybridized carbons (Fsp3) is 0.304. The van der Waals surface area contributed by atoms with Gasteiger partial charge in [-0.2, -0.15) is 18.3 Å². The Morgan fingerprint density at radius 2 is 1.89 bits per heavy atom. The minimum absolute atomic E-state index is 0.00857. The third kappa shape index (κ3) is 4.88. The highest BCUT2D eigenvalue weighted by Crippen LogP contribution is 2.32. The van der Waals surface area contributed by atoms with Gasteiger partial charge in [-0.25, -0.2) is 17.5 Å². The number of ether oxygens (including phenoxy) is 1. The van der Waals surface area contributed by atoms with E-state index in [1.165, 1.54) is 22.6 Å². The Labute approximate surface area is 198 Å². The number of carbonyl (C=O) groups excluding carboxylic acids is 1. The molecule has 0 unspecified atom stereocenters. The molecule has 0 radical (unpaired) electrons. The van der Waals surface area contributed by atoms with Crippen LogP contribution >= 0.6 is 0 Å². The largest absolute Gasteiger partial charge is 0.480 e. The molecular weight excluding hydrogens is 490 g/mol. The monoisotopic (exact) mass is 511 g/mol. The predicted molar refractivity (Wildman–Crippen MR) is 117 cm³/mol. The molecule has 0 spiro atoms. The minimum Gasteiger partial charge on any atom is -0.480 e. The number of nitrogens with zero attached hydrogens (tertiary/aromatic N) is 3. The van der Waals surface area contributed by atoms with Gasteiger partial charge in [0.1, 0.15) is 17.3 Å². The fourth-order valence-corrected chi connectivity index (χ4v) is 4.53. The topological polar surface area (TPSA) is 81.5 Å². The summed E-state index contributed by atoms with van der Waals surface area (Å²) in [6.07, 6.45) is -5.33. The van der Waals surface area contributed by atoms with E-state index in [4.69, 9.17) is 4.74 Å². The lowest BCUT2D eigenvalue weighted by Gasteiger charge is -2.22. The molecule has 12 heteroatoms. The SMILES string of the molecule is CCS(=O)(=O)c1ccc(O[C@@H](C)C(F)(F)F)c(C(=O)N2Cc3cn(-c4ccccc4F)nc3C2)c1. The average molecular weight is 511 g/mol.